The third-order valence-electron chi connectivity index (χ3n) is 3.35. The highest BCUT2D eigenvalue weighted by atomic mass is 35.5. The van der Waals surface area contributed by atoms with E-state index in [1.54, 1.807) is 43.3 Å². The van der Waals surface area contributed by atoms with Gasteiger partial charge in [0.2, 0.25) is 5.75 Å². The Morgan fingerprint density at radius 3 is 2.46 bits per heavy atom. The van der Waals surface area contributed by atoms with E-state index in [0.29, 0.717) is 27.6 Å². The Morgan fingerprint density at radius 1 is 1.12 bits per heavy atom. The van der Waals surface area contributed by atoms with E-state index in [1.165, 1.54) is 14.2 Å². The largest absolute Gasteiger partial charge is 0.504 e. The van der Waals surface area contributed by atoms with Gasteiger partial charge in [0.05, 0.1) is 30.5 Å². The van der Waals surface area contributed by atoms with Crippen LogP contribution in [0.15, 0.2) is 41.5 Å². The van der Waals surface area contributed by atoms with Crippen molar-refractivity contribution >= 4 is 23.2 Å². The van der Waals surface area contributed by atoms with E-state index < -0.39 is 5.91 Å². The number of halogens is 1. The average Bonchev–Trinajstić information content (AvgIpc) is 2.59. The van der Waals surface area contributed by atoms with Gasteiger partial charge in [-0.25, -0.2) is 5.43 Å². The second kappa shape index (κ2) is 7.70. The van der Waals surface area contributed by atoms with E-state index in [9.17, 15) is 9.90 Å². The molecular weight excluding hydrogens is 332 g/mol. The fraction of sp³-hybridized carbons (Fsp3) is 0.176. The number of ether oxygens (including phenoxy) is 2. The lowest BCUT2D eigenvalue weighted by Gasteiger charge is -2.12. The first-order valence-electron chi connectivity index (χ1n) is 7.03. The molecular formula is C17H17ClN2O4. The number of carbonyl (C=O) groups excluding carboxylic acids is 1. The molecule has 0 saturated carbocycles. The molecule has 2 rings (SSSR count). The third-order valence-corrected chi connectivity index (χ3v) is 3.68. The predicted octanol–water partition coefficient (Wildman–Crippen LogP) is 3.22. The lowest BCUT2D eigenvalue weighted by Crippen LogP contribution is -2.19. The van der Waals surface area contributed by atoms with Crippen LogP contribution in [-0.2, 0) is 0 Å². The molecule has 1 amide bonds. The first kappa shape index (κ1) is 17.6. The SMILES string of the molecule is COc1ccc(C(C)=NNC(=O)c2ccccc2Cl)c(O)c1OC. The van der Waals surface area contributed by atoms with Crippen molar-refractivity contribution in [1.82, 2.24) is 5.43 Å². The summed E-state index contributed by atoms with van der Waals surface area (Å²) < 4.78 is 10.2. The van der Waals surface area contributed by atoms with Gasteiger partial charge in [-0.15, -0.1) is 0 Å². The number of hydrazone groups is 1. The predicted molar refractivity (Wildman–Crippen MR) is 92.3 cm³/mol. The van der Waals surface area contributed by atoms with E-state index in [4.69, 9.17) is 21.1 Å². The zero-order chi connectivity index (χ0) is 17.7. The summed E-state index contributed by atoms with van der Waals surface area (Å²) in [6.45, 7) is 1.65. The van der Waals surface area contributed by atoms with E-state index in [0.717, 1.165) is 0 Å². The third kappa shape index (κ3) is 3.60. The van der Waals surface area contributed by atoms with Gasteiger partial charge in [-0.3, -0.25) is 4.79 Å². The van der Waals surface area contributed by atoms with Gasteiger partial charge in [0.25, 0.3) is 5.91 Å². The van der Waals surface area contributed by atoms with Crippen LogP contribution < -0.4 is 14.9 Å². The molecule has 2 aromatic carbocycles. The van der Waals surface area contributed by atoms with Crippen molar-refractivity contribution in [3.8, 4) is 17.2 Å². The maximum absolute atomic E-state index is 12.1. The Hall–Kier alpha value is -2.73. The molecule has 2 aromatic rings. The van der Waals surface area contributed by atoms with Crippen molar-refractivity contribution in [3.63, 3.8) is 0 Å². The Balaban J connectivity index is 2.26. The lowest BCUT2D eigenvalue weighted by atomic mass is 10.1. The van der Waals surface area contributed by atoms with Crippen molar-refractivity contribution in [2.75, 3.05) is 14.2 Å². The minimum absolute atomic E-state index is 0.120. The lowest BCUT2D eigenvalue weighted by molar-refractivity contribution is 0.0955. The molecule has 0 atom stereocenters. The number of rotatable bonds is 5. The van der Waals surface area contributed by atoms with Gasteiger partial charge in [0, 0.05) is 5.56 Å². The Labute approximate surface area is 144 Å². The van der Waals surface area contributed by atoms with Crippen LogP contribution in [0.5, 0.6) is 17.2 Å². The number of aromatic hydroxyl groups is 1. The van der Waals surface area contributed by atoms with Crippen molar-refractivity contribution in [3.05, 3.63) is 52.5 Å². The zero-order valence-corrected chi connectivity index (χ0v) is 14.2. The van der Waals surface area contributed by atoms with Crippen LogP contribution in [0.2, 0.25) is 5.02 Å². The monoisotopic (exact) mass is 348 g/mol. The summed E-state index contributed by atoms with van der Waals surface area (Å²) in [5, 5.41) is 14.6. The van der Waals surface area contributed by atoms with Gasteiger partial charge >= 0.3 is 0 Å². The number of phenolic OH excluding ortho intramolecular Hbond substituents is 1. The van der Waals surface area contributed by atoms with Crippen molar-refractivity contribution in [2.45, 2.75) is 6.92 Å². The molecule has 0 aliphatic heterocycles. The summed E-state index contributed by atoms with van der Waals surface area (Å²) in [7, 11) is 2.90. The van der Waals surface area contributed by atoms with Gasteiger partial charge in [-0.1, -0.05) is 23.7 Å². The quantitative estimate of drug-likeness (QED) is 0.642. The van der Waals surface area contributed by atoms with Crippen molar-refractivity contribution in [2.24, 2.45) is 5.10 Å². The highest BCUT2D eigenvalue weighted by molar-refractivity contribution is 6.33. The van der Waals surface area contributed by atoms with Gasteiger partial charge in [0.1, 0.15) is 0 Å². The van der Waals surface area contributed by atoms with Crippen molar-refractivity contribution in [1.29, 1.82) is 0 Å². The Kier molecular flexibility index (Phi) is 5.65. The standard InChI is InChI=1S/C17H17ClN2O4/c1-10(11-8-9-14(23-2)16(24-3)15(11)21)19-20-17(22)12-6-4-5-7-13(12)18/h4-9,21H,1-3H3,(H,20,22). The number of hydrogen-bond acceptors (Lipinski definition) is 5. The highest BCUT2D eigenvalue weighted by Gasteiger charge is 2.16. The molecule has 0 aliphatic carbocycles. The molecule has 0 spiro atoms. The highest BCUT2D eigenvalue weighted by Crippen LogP contribution is 2.39. The van der Waals surface area contributed by atoms with Crippen LogP contribution in [0.25, 0.3) is 0 Å². The van der Waals surface area contributed by atoms with E-state index >= 15 is 0 Å². The Morgan fingerprint density at radius 2 is 1.83 bits per heavy atom. The smallest absolute Gasteiger partial charge is 0.272 e. The molecule has 0 aromatic heterocycles. The van der Waals surface area contributed by atoms with Gasteiger partial charge in [0.15, 0.2) is 11.5 Å². The summed E-state index contributed by atoms with van der Waals surface area (Å²) in [6, 6.07) is 9.91. The van der Waals surface area contributed by atoms with Gasteiger partial charge in [-0.05, 0) is 31.2 Å². The summed E-state index contributed by atoms with van der Waals surface area (Å²) in [5.74, 6) is 0.0265. The van der Waals surface area contributed by atoms with Crippen LogP contribution in [0.1, 0.15) is 22.8 Å². The number of amides is 1. The number of benzene rings is 2. The van der Waals surface area contributed by atoms with E-state index in [-0.39, 0.29) is 11.5 Å². The summed E-state index contributed by atoms with van der Waals surface area (Å²) >= 11 is 5.97. The zero-order valence-electron chi connectivity index (χ0n) is 13.5. The molecule has 0 aliphatic rings. The van der Waals surface area contributed by atoms with E-state index in [2.05, 4.69) is 10.5 Å². The molecule has 0 bridgehead atoms. The molecule has 0 saturated heterocycles. The first-order valence-corrected chi connectivity index (χ1v) is 7.40. The maximum Gasteiger partial charge on any atom is 0.272 e. The number of carbonyl (C=O) groups is 1. The molecule has 0 radical (unpaired) electrons. The fourth-order valence-electron chi connectivity index (χ4n) is 2.10. The first-order chi connectivity index (χ1) is 11.5. The summed E-state index contributed by atoms with van der Waals surface area (Å²) in [5.41, 5.74) is 3.53. The van der Waals surface area contributed by atoms with Crippen LogP contribution >= 0.6 is 11.6 Å². The minimum Gasteiger partial charge on any atom is -0.504 e. The van der Waals surface area contributed by atoms with Crippen LogP contribution in [-0.4, -0.2) is 30.9 Å². The fourth-order valence-corrected chi connectivity index (χ4v) is 2.32. The van der Waals surface area contributed by atoms with Crippen molar-refractivity contribution < 1.29 is 19.4 Å². The number of hydrogen-bond donors (Lipinski definition) is 2. The normalized spacial score (nSPS) is 11.1. The second-order valence-electron chi connectivity index (χ2n) is 4.82. The molecule has 0 unspecified atom stereocenters. The molecule has 2 N–H and O–H groups in total. The van der Waals surface area contributed by atoms with Gasteiger partial charge < -0.3 is 14.6 Å². The molecule has 7 heteroatoms. The number of nitrogens with one attached hydrogen (secondary N) is 1. The molecule has 6 nitrogen and oxygen atoms in total. The average molecular weight is 349 g/mol. The number of nitrogens with zero attached hydrogens (tertiary/aromatic N) is 1. The summed E-state index contributed by atoms with van der Waals surface area (Å²) in [6.07, 6.45) is 0. The summed E-state index contributed by atoms with van der Waals surface area (Å²) in [4.78, 5) is 12.1. The molecule has 0 heterocycles. The number of methoxy groups -OCH3 is 2. The molecule has 126 valence electrons. The van der Waals surface area contributed by atoms with Crippen LogP contribution in [0.4, 0.5) is 0 Å². The Bertz CT molecular complexity index is 790. The maximum atomic E-state index is 12.1. The van der Waals surface area contributed by atoms with Crippen LogP contribution in [0, 0.1) is 0 Å². The second-order valence-corrected chi connectivity index (χ2v) is 5.22. The van der Waals surface area contributed by atoms with E-state index in [1.807, 2.05) is 0 Å². The topological polar surface area (TPSA) is 80.2 Å². The molecule has 24 heavy (non-hydrogen) atoms. The minimum atomic E-state index is -0.445. The van der Waals surface area contributed by atoms with Crippen LogP contribution in [0.3, 0.4) is 0 Å². The number of phenols is 1. The van der Waals surface area contributed by atoms with Gasteiger partial charge in [-0.2, -0.15) is 5.10 Å². The molecule has 0 fully saturated rings.